The highest BCUT2D eigenvalue weighted by molar-refractivity contribution is 6.03. The first-order valence-electron chi connectivity index (χ1n) is 8.68. The number of nitrogens with zero attached hydrogens (tertiary/aromatic N) is 1. The zero-order valence-electron chi connectivity index (χ0n) is 15.4. The largest absolute Gasteiger partial charge is 0.366 e. The van der Waals surface area contributed by atoms with Crippen LogP contribution >= 0.6 is 12.4 Å². The summed E-state index contributed by atoms with van der Waals surface area (Å²) in [7, 11) is 0. The lowest BCUT2D eigenvalue weighted by Crippen LogP contribution is -2.28. The Morgan fingerprint density at radius 3 is 2.30 bits per heavy atom. The van der Waals surface area contributed by atoms with Crippen molar-refractivity contribution in [3.8, 4) is 11.1 Å². The van der Waals surface area contributed by atoms with Crippen molar-refractivity contribution in [3.63, 3.8) is 0 Å². The number of carbonyl (C=O) groups excluding carboxylic acids is 1. The molecular formula is C21H24ClN3O2. The van der Waals surface area contributed by atoms with Crippen molar-refractivity contribution in [2.45, 2.75) is 26.9 Å². The molecule has 0 unspecified atom stereocenters. The van der Waals surface area contributed by atoms with Crippen LogP contribution in [0.4, 0.5) is 0 Å². The van der Waals surface area contributed by atoms with E-state index in [0.717, 1.165) is 16.8 Å². The number of primary amides is 1. The highest BCUT2D eigenvalue weighted by Crippen LogP contribution is 2.31. The predicted octanol–water partition coefficient (Wildman–Crippen LogP) is 3.30. The van der Waals surface area contributed by atoms with Gasteiger partial charge in [-0.3, -0.25) is 9.59 Å². The second kappa shape index (κ2) is 8.37. The molecule has 1 heterocycles. The van der Waals surface area contributed by atoms with Gasteiger partial charge >= 0.3 is 0 Å². The molecule has 4 N–H and O–H groups in total. The summed E-state index contributed by atoms with van der Waals surface area (Å²) in [6.45, 7) is 4.94. The summed E-state index contributed by atoms with van der Waals surface area (Å²) in [5.41, 5.74) is 14.4. The molecule has 1 amide bonds. The van der Waals surface area contributed by atoms with Crippen molar-refractivity contribution in [1.29, 1.82) is 0 Å². The Morgan fingerprint density at radius 1 is 1.07 bits per heavy atom. The quantitative estimate of drug-likeness (QED) is 0.705. The Balaban J connectivity index is 0.00000261. The van der Waals surface area contributed by atoms with Gasteiger partial charge in [-0.05, 0) is 35.1 Å². The molecule has 0 aliphatic carbocycles. The summed E-state index contributed by atoms with van der Waals surface area (Å²) in [5, 5.41) is 1.27. The number of aromatic nitrogens is 1. The third kappa shape index (κ3) is 3.89. The lowest BCUT2D eigenvalue weighted by Gasteiger charge is -2.20. The van der Waals surface area contributed by atoms with Gasteiger partial charge in [0.2, 0.25) is 5.91 Å². The topological polar surface area (TPSA) is 91.1 Å². The number of hydrogen-bond donors (Lipinski definition) is 2. The fraction of sp³-hybridized carbons (Fsp3) is 0.238. The number of rotatable bonds is 5. The molecule has 142 valence electrons. The van der Waals surface area contributed by atoms with Crippen molar-refractivity contribution in [2.24, 2.45) is 17.4 Å². The molecule has 0 spiro atoms. The average Bonchev–Trinajstić information content (AvgIpc) is 2.63. The third-order valence-corrected chi connectivity index (χ3v) is 4.47. The molecule has 3 aromatic rings. The monoisotopic (exact) mass is 385 g/mol. The number of benzene rings is 2. The van der Waals surface area contributed by atoms with Crippen LogP contribution in [0.2, 0.25) is 0 Å². The molecular weight excluding hydrogens is 362 g/mol. The number of nitrogens with two attached hydrogens (primary N) is 2. The number of amides is 1. The first-order chi connectivity index (χ1) is 12.4. The summed E-state index contributed by atoms with van der Waals surface area (Å²) in [6, 6.07) is 14.8. The first kappa shape index (κ1) is 20.7. The van der Waals surface area contributed by atoms with E-state index in [1.54, 1.807) is 22.8 Å². The molecule has 0 aliphatic heterocycles. The van der Waals surface area contributed by atoms with E-state index in [9.17, 15) is 9.59 Å². The van der Waals surface area contributed by atoms with E-state index in [4.69, 9.17) is 11.5 Å². The van der Waals surface area contributed by atoms with Crippen LogP contribution in [0.1, 0.15) is 29.9 Å². The number of pyridine rings is 1. The molecule has 0 radical (unpaired) electrons. The summed E-state index contributed by atoms with van der Waals surface area (Å²) < 4.78 is 1.76. The number of halogens is 1. The minimum absolute atomic E-state index is 0. The molecule has 0 fully saturated rings. The van der Waals surface area contributed by atoms with Crippen LogP contribution in [0, 0.1) is 5.92 Å². The number of fused-ring (bicyclic) bond motifs is 1. The maximum absolute atomic E-state index is 13.1. The van der Waals surface area contributed by atoms with Gasteiger partial charge in [0.15, 0.2) is 0 Å². The average molecular weight is 386 g/mol. The lowest BCUT2D eigenvalue weighted by atomic mass is 9.95. The van der Waals surface area contributed by atoms with Crippen molar-refractivity contribution in [1.82, 2.24) is 4.57 Å². The molecule has 0 atom stereocenters. The van der Waals surface area contributed by atoms with Gasteiger partial charge in [-0.25, -0.2) is 0 Å². The van der Waals surface area contributed by atoms with Gasteiger partial charge < -0.3 is 16.0 Å². The number of hydrogen-bond acceptors (Lipinski definition) is 3. The first-order valence-corrected chi connectivity index (χ1v) is 8.68. The third-order valence-electron chi connectivity index (χ3n) is 4.47. The zero-order valence-corrected chi connectivity index (χ0v) is 16.3. The van der Waals surface area contributed by atoms with Crippen LogP contribution in [0.5, 0.6) is 0 Å². The van der Waals surface area contributed by atoms with E-state index in [-0.39, 0.29) is 24.5 Å². The van der Waals surface area contributed by atoms with E-state index in [1.165, 1.54) is 0 Å². The van der Waals surface area contributed by atoms with Gasteiger partial charge in [-0.15, -0.1) is 12.4 Å². The molecule has 0 saturated carbocycles. The Morgan fingerprint density at radius 2 is 1.74 bits per heavy atom. The number of carbonyl (C=O) groups is 1. The SMILES string of the molecule is CC(C)Cn1c(CN)c(-c2ccccc2)c2cc(C(N)=O)ccc2c1=O.Cl. The van der Waals surface area contributed by atoms with E-state index in [2.05, 4.69) is 13.8 Å². The van der Waals surface area contributed by atoms with Gasteiger partial charge in [-0.1, -0.05) is 44.2 Å². The second-order valence-electron chi connectivity index (χ2n) is 6.83. The Kier molecular flexibility index (Phi) is 6.41. The van der Waals surface area contributed by atoms with Gasteiger partial charge in [-0.2, -0.15) is 0 Å². The van der Waals surface area contributed by atoms with Gasteiger partial charge in [0.1, 0.15) is 0 Å². The molecule has 0 aliphatic rings. The fourth-order valence-electron chi connectivity index (χ4n) is 3.35. The predicted molar refractivity (Wildman–Crippen MR) is 112 cm³/mol. The van der Waals surface area contributed by atoms with Crippen LogP contribution in [0.3, 0.4) is 0 Å². The molecule has 0 saturated heterocycles. The molecule has 1 aromatic heterocycles. The lowest BCUT2D eigenvalue weighted by molar-refractivity contribution is 0.100. The summed E-state index contributed by atoms with van der Waals surface area (Å²) >= 11 is 0. The smallest absolute Gasteiger partial charge is 0.258 e. The van der Waals surface area contributed by atoms with Crippen molar-refractivity contribution in [2.75, 3.05) is 0 Å². The molecule has 5 nitrogen and oxygen atoms in total. The Labute approximate surface area is 164 Å². The van der Waals surface area contributed by atoms with Crippen molar-refractivity contribution in [3.05, 3.63) is 70.1 Å². The van der Waals surface area contributed by atoms with Crippen LogP contribution in [-0.2, 0) is 13.1 Å². The van der Waals surface area contributed by atoms with E-state index >= 15 is 0 Å². The maximum atomic E-state index is 13.1. The van der Waals surface area contributed by atoms with E-state index < -0.39 is 5.91 Å². The van der Waals surface area contributed by atoms with E-state index in [0.29, 0.717) is 28.8 Å². The molecule has 3 rings (SSSR count). The van der Waals surface area contributed by atoms with Gasteiger partial charge in [0.05, 0.1) is 0 Å². The maximum Gasteiger partial charge on any atom is 0.258 e. The standard InChI is InChI=1S/C21H23N3O2.ClH/c1-13(2)12-24-18(11-22)19(14-6-4-3-5-7-14)17-10-15(20(23)25)8-9-16(17)21(24)26;/h3-10,13H,11-12,22H2,1-2H3,(H2,23,25);1H. The second-order valence-corrected chi connectivity index (χ2v) is 6.83. The van der Waals surface area contributed by atoms with E-state index in [1.807, 2.05) is 30.3 Å². The highest BCUT2D eigenvalue weighted by Gasteiger charge is 2.18. The highest BCUT2D eigenvalue weighted by atomic mass is 35.5. The minimum Gasteiger partial charge on any atom is -0.366 e. The van der Waals surface area contributed by atoms with Crippen molar-refractivity contribution < 1.29 is 4.79 Å². The molecule has 6 heteroatoms. The van der Waals surface area contributed by atoms with Crippen LogP contribution in [-0.4, -0.2) is 10.5 Å². The summed E-state index contributed by atoms with van der Waals surface area (Å²) in [6.07, 6.45) is 0. The van der Waals surface area contributed by atoms with Gasteiger partial charge in [0, 0.05) is 35.3 Å². The summed E-state index contributed by atoms with van der Waals surface area (Å²) in [5.74, 6) is -0.226. The summed E-state index contributed by atoms with van der Waals surface area (Å²) in [4.78, 5) is 24.8. The molecule has 0 bridgehead atoms. The normalized spacial score (nSPS) is 10.8. The fourth-order valence-corrected chi connectivity index (χ4v) is 3.35. The van der Waals surface area contributed by atoms with Crippen LogP contribution in [0.25, 0.3) is 21.9 Å². The van der Waals surface area contributed by atoms with Crippen LogP contribution < -0.4 is 17.0 Å². The molecule has 2 aromatic carbocycles. The zero-order chi connectivity index (χ0) is 18.8. The van der Waals surface area contributed by atoms with Crippen LogP contribution in [0.15, 0.2) is 53.3 Å². The Bertz CT molecular complexity index is 1030. The van der Waals surface area contributed by atoms with Crippen molar-refractivity contribution >= 4 is 29.1 Å². The van der Waals surface area contributed by atoms with Gasteiger partial charge in [0.25, 0.3) is 5.56 Å². The molecule has 27 heavy (non-hydrogen) atoms. The minimum atomic E-state index is -0.522. The Hall–Kier alpha value is -2.63.